The van der Waals surface area contributed by atoms with Crippen molar-refractivity contribution in [2.75, 3.05) is 20.6 Å². The van der Waals surface area contributed by atoms with E-state index < -0.39 is 0 Å². The summed E-state index contributed by atoms with van der Waals surface area (Å²) in [6, 6.07) is 5.43. The van der Waals surface area contributed by atoms with Gasteiger partial charge in [-0.1, -0.05) is 20.3 Å². The van der Waals surface area contributed by atoms with Crippen LogP contribution in [0.15, 0.2) is 24.5 Å². The number of likely N-dealkylation sites (N-methyl/N-ethyl adjacent to an activating group) is 2. The first-order valence-electron chi connectivity index (χ1n) is 7.49. The normalized spacial score (nSPS) is 14.6. The van der Waals surface area contributed by atoms with Crippen LogP contribution in [0.5, 0.6) is 0 Å². The molecule has 1 aromatic rings. The first kappa shape index (κ1) is 16.1. The SMILES string of the molecule is CCCC(NC)C(CC)N(C)CCc1ccncc1. The quantitative estimate of drug-likeness (QED) is 0.742. The topological polar surface area (TPSA) is 28.2 Å². The Bertz CT molecular complexity index is 326. The minimum absolute atomic E-state index is 0.595. The van der Waals surface area contributed by atoms with Gasteiger partial charge in [-0.3, -0.25) is 4.98 Å². The minimum atomic E-state index is 0.595. The van der Waals surface area contributed by atoms with Crippen LogP contribution in [-0.2, 0) is 6.42 Å². The van der Waals surface area contributed by atoms with E-state index in [1.165, 1.54) is 24.8 Å². The molecule has 0 aromatic carbocycles. The van der Waals surface area contributed by atoms with Crippen molar-refractivity contribution in [3.05, 3.63) is 30.1 Å². The van der Waals surface area contributed by atoms with Crippen molar-refractivity contribution in [2.24, 2.45) is 0 Å². The lowest BCUT2D eigenvalue weighted by Gasteiger charge is -2.34. The molecule has 0 radical (unpaired) electrons. The van der Waals surface area contributed by atoms with Crippen molar-refractivity contribution in [1.29, 1.82) is 0 Å². The Balaban J connectivity index is 2.51. The van der Waals surface area contributed by atoms with E-state index in [4.69, 9.17) is 0 Å². The second-order valence-corrected chi connectivity index (χ2v) is 5.25. The standard InChI is InChI=1S/C16H29N3/c1-5-7-15(17-3)16(6-2)19(4)13-10-14-8-11-18-12-9-14/h8-9,11-12,15-17H,5-7,10,13H2,1-4H3. The lowest BCUT2D eigenvalue weighted by molar-refractivity contribution is 0.185. The molecule has 0 aliphatic rings. The van der Waals surface area contributed by atoms with Gasteiger partial charge < -0.3 is 10.2 Å². The number of nitrogens with zero attached hydrogens (tertiary/aromatic N) is 2. The molecular weight excluding hydrogens is 234 g/mol. The molecule has 0 amide bonds. The molecule has 3 nitrogen and oxygen atoms in total. The third-order valence-corrected chi connectivity index (χ3v) is 3.92. The van der Waals surface area contributed by atoms with Gasteiger partial charge in [-0.05, 0) is 51.1 Å². The monoisotopic (exact) mass is 263 g/mol. The molecule has 1 aromatic heterocycles. The Morgan fingerprint density at radius 1 is 1.26 bits per heavy atom. The number of pyridine rings is 1. The van der Waals surface area contributed by atoms with Crippen molar-refractivity contribution in [3.63, 3.8) is 0 Å². The predicted molar refractivity (Wildman–Crippen MR) is 82.4 cm³/mol. The van der Waals surface area contributed by atoms with E-state index in [0.717, 1.165) is 13.0 Å². The molecule has 108 valence electrons. The highest BCUT2D eigenvalue weighted by molar-refractivity contribution is 5.10. The first-order valence-corrected chi connectivity index (χ1v) is 7.49. The fraction of sp³-hybridized carbons (Fsp3) is 0.688. The molecule has 0 saturated heterocycles. The second-order valence-electron chi connectivity index (χ2n) is 5.25. The van der Waals surface area contributed by atoms with Crippen LogP contribution in [0, 0.1) is 0 Å². The summed E-state index contributed by atoms with van der Waals surface area (Å²) in [5, 5.41) is 3.48. The average Bonchev–Trinajstić information content (AvgIpc) is 2.46. The van der Waals surface area contributed by atoms with Gasteiger partial charge in [0.2, 0.25) is 0 Å². The predicted octanol–water partition coefficient (Wildman–Crippen LogP) is 2.72. The highest BCUT2D eigenvalue weighted by Crippen LogP contribution is 2.12. The van der Waals surface area contributed by atoms with E-state index >= 15 is 0 Å². The molecule has 0 fully saturated rings. The summed E-state index contributed by atoms with van der Waals surface area (Å²) in [5.74, 6) is 0. The van der Waals surface area contributed by atoms with Crippen LogP contribution in [-0.4, -0.2) is 42.6 Å². The minimum Gasteiger partial charge on any atom is -0.315 e. The van der Waals surface area contributed by atoms with Crippen LogP contribution in [0.25, 0.3) is 0 Å². The zero-order valence-corrected chi connectivity index (χ0v) is 12.9. The highest BCUT2D eigenvalue weighted by atomic mass is 15.2. The molecular formula is C16H29N3. The number of aromatic nitrogens is 1. The van der Waals surface area contributed by atoms with Gasteiger partial charge in [0.05, 0.1) is 0 Å². The Morgan fingerprint density at radius 3 is 2.47 bits per heavy atom. The van der Waals surface area contributed by atoms with Gasteiger partial charge >= 0.3 is 0 Å². The molecule has 19 heavy (non-hydrogen) atoms. The van der Waals surface area contributed by atoms with Crippen LogP contribution in [0.1, 0.15) is 38.7 Å². The Hall–Kier alpha value is -0.930. The number of nitrogens with one attached hydrogen (secondary N) is 1. The molecule has 0 aliphatic carbocycles. The zero-order valence-electron chi connectivity index (χ0n) is 12.9. The summed E-state index contributed by atoms with van der Waals surface area (Å²) >= 11 is 0. The average molecular weight is 263 g/mol. The fourth-order valence-electron chi connectivity index (χ4n) is 2.76. The van der Waals surface area contributed by atoms with Gasteiger partial charge in [-0.25, -0.2) is 0 Å². The van der Waals surface area contributed by atoms with E-state index in [-0.39, 0.29) is 0 Å². The maximum Gasteiger partial charge on any atom is 0.0270 e. The van der Waals surface area contributed by atoms with E-state index in [0.29, 0.717) is 12.1 Å². The fourth-order valence-corrected chi connectivity index (χ4v) is 2.76. The maximum atomic E-state index is 4.07. The van der Waals surface area contributed by atoms with E-state index in [1.54, 1.807) is 0 Å². The molecule has 1 heterocycles. The third-order valence-electron chi connectivity index (χ3n) is 3.92. The molecule has 0 bridgehead atoms. The Morgan fingerprint density at radius 2 is 1.95 bits per heavy atom. The Labute approximate surface area is 118 Å². The molecule has 1 rings (SSSR count). The maximum absolute atomic E-state index is 4.07. The largest absolute Gasteiger partial charge is 0.315 e. The second kappa shape index (κ2) is 9.05. The molecule has 2 atom stereocenters. The lowest BCUT2D eigenvalue weighted by atomic mass is 9.99. The highest BCUT2D eigenvalue weighted by Gasteiger charge is 2.21. The molecule has 0 aliphatic heterocycles. The Kier molecular flexibility index (Phi) is 7.68. The number of rotatable bonds is 9. The van der Waals surface area contributed by atoms with Crippen LogP contribution in [0.2, 0.25) is 0 Å². The van der Waals surface area contributed by atoms with Crippen molar-refractivity contribution >= 4 is 0 Å². The molecule has 0 saturated carbocycles. The van der Waals surface area contributed by atoms with Crippen LogP contribution in [0.3, 0.4) is 0 Å². The van der Waals surface area contributed by atoms with Gasteiger partial charge in [-0.2, -0.15) is 0 Å². The van der Waals surface area contributed by atoms with Crippen LogP contribution < -0.4 is 5.32 Å². The summed E-state index contributed by atoms with van der Waals surface area (Å²) in [7, 11) is 4.33. The van der Waals surface area contributed by atoms with Gasteiger partial charge in [0.25, 0.3) is 0 Å². The van der Waals surface area contributed by atoms with Crippen LogP contribution in [0.4, 0.5) is 0 Å². The van der Waals surface area contributed by atoms with E-state index in [1.807, 2.05) is 12.4 Å². The van der Waals surface area contributed by atoms with Crippen molar-refractivity contribution < 1.29 is 0 Å². The van der Waals surface area contributed by atoms with Crippen molar-refractivity contribution in [2.45, 2.75) is 51.6 Å². The molecule has 2 unspecified atom stereocenters. The molecule has 3 heteroatoms. The van der Waals surface area contributed by atoms with Crippen LogP contribution >= 0.6 is 0 Å². The number of hydrogen-bond acceptors (Lipinski definition) is 3. The van der Waals surface area contributed by atoms with Gasteiger partial charge in [0.1, 0.15) is 0 Å². The summed E-state index contributed by atoms with van der Waals surface area (Å²) in [4.78, 5) is 6.56. The molecule has 0 spiro atoms. The van der Waals surface area contributed by atoms with Crippen molar-refractivity contribution in [3.8, 4) is 0 Å². The summed E-state index contributed by atoms with van der Waals surface area (Å²) in [5.41, 5.74) is 1.37. The van der Waals surface area contributed by atoms with E-state index in [2.05, 4.69) is 55.3 Å². The van der Waals surface area contributed by atoms with Gasteiger partial charge in [-0.15, -0.1) is 0 Å². The summed E-state index contributed by atoms with van der Waals surface area (Å²) in [6.07, 6.45) is 8.52. The van der Waals surface area contributed by atoms with Gasteiger partial charge in [0, 0.05) is 31.0 Å². The molecule has 1 N–H and O–H groups in total. The van der Waals surface area contributed by atoms with Crippen molar-refractivity contribution in [1.82, 2.24) is 15.2 Å². The first-order chi connectivity index (χ1) is 9.22. The van der Waals surface area contributed by atoms with E-state index in [9.17, 15) is 0 Å². The lowest BCUT2D eigenvalue weighted by Crippen LogP contribution is -2.47. The number of hydrogen-bond donors (Lipinski definition) is 1. The third kappa shape index (κ3) is 5.29. The summed E-state index contributed by atoms with van der Waals surface area (Å²) < 4.78 is 0. The van der Waals surface area contributed by atoms with Gasteiger partial charge in [0.15, 0.2) is 0 Å². The zero-order chi connectivity index (χ0) is 14.1. The summed E-state index contributed by atoms with van der Waals surface area (Å²) in [6.45, 7) is 5.64. The smallest absolute Gasteiger partial charge is 0.0270 e.